The van der Waals surface area contributed by atoms with Crippen LogP contribution in [0.5, 0.6) is 11.5 Å². The Hall–Kier alpha value is -2.53. The number of rotatable bonds is 8. The number of hydrogen-bond donors (Lipinski definition) is 1. The monoisotopic (exact) mass is 408 g/mol. The van der Waals surface area contributed by atoms with Crippen LogP contribution in [0.3, 0.4) is 0 Å². The Labute approximate surface area is 179 Å². The van der Waals surface area contributed by atoms with Crippen molar-refractivity contribution in [2.75, 3.05) is 39.4 Å². The quantitative estimate of drug-likeness (QED) is 0.727. The molecule has 1 atom stereocenters. The van der Waals surface area contributed by atoms with Crippen LogP contribution in [-0.2, 0) is 17.6 Å². The minimum Gasteiger partial charge on any atom is -0.490 e. The molecule has 0 radical (unpaired) electrons. The predicted molar refractivity (Wildman–Crippen MR) is 118 cm³/mol. The van der Waals surface area contributed by atoms with E-state index in [2.05, 4.69) is 40.5 Å². The molecule has 1 amide bonds. The first-order valence-corrected chi connectivity index (χ1v) is 11.2. The van der Waals surface area contributed by atoms with Crippen molar-refractivity contribution < 1.29 is 14.3 Å². The van der Waals surface area contributed by atoms with Gasteiger partial charge in [0.15, 0.2) is 11.5 Å². The number of fused-ring (bicyclic) bond motifs is 1. The molecular formula is C25H32N2O3. The molecule has 0 spiro atoms. The summed E-state index contributed by atoms with van der Waals surface area (Å²) < 4.78 is 11.4. The molecule has 0 aromatic heterocycles. The van der Waals surface area contributed by atoms with Gasteiger partial charge in [0.2, 0.25) is 5.91 Å². The van der Waals surface area contributed by atoms with Gasteiger partial charge in [0.05, 0.1) is 13.2 Å². The summed E-state index contributed by atoms with van der Waals surface area (Å²) in [5, 5.41) is 3.14. The molecule has 2 aromatic rings. The maximum Gasteiger partial charge on any atom is 0.220 e. The minimum absolute atomic E-state index is 0.129. The van der Waals surface area contributed by atoms with E-state index in [9.17, 15) is 4.79 Å². The Morgan fingerprint density at radius 3 is 2.70 bits per heavy atom. The molecule has 0 bridgehead atoms. The van der Waals surface area contributed by atoms with Crippen molar-refractivity contribution in [3.8, 4) is 11.5 Å². The first-order chi connectivity index (χ1) is 14.8. The lowest BCUT2D eigenvalue weighted by atomic mass is 10.1. The van der Waals surface area contributed by atoms with Crippen LogP contribution < -0.4 is 14.8 Å². The highest BCUT2D eigenvalue weighted by atomic mass is 16.5. The van der Waals surface area contributed by atoms with Gasteiger partial charge in [-0.15, -0.1) is 0 Å². The fourth-order valence-corrected chi connectivity index (χ4v) is 4.18. The number of aryl methyl sites for hydroxylation is 1. The first-order valence-electron chi connectivity index (χ1n) is 11.2. The molecule has 2 heterocycles. The largest absolute Gasteiger partial charge is 0.490 e. The Morgan fingerprint density at radius 1 is 1.00 bits per heavy atom. The number of likely N-dealkylation sites (tertiary alicyclic amines) is 1. The molecule has 0 saturated carbocycles. The van der Waals surface area contributed by atoms with Crippen LogP contribution in [-0.4, -0.2) is 50.2 Å². The number of carbonyl (C=O) groups is 1. The van der Waals surface area contributed by atoms with E-state index in [0.29, 0.717) is 25.6 Å². The van der Waals surface area contributed by atoms with Crippen LogP contribution >= 0.6 is 0 Å². The highest BCUT2D eigenvalue weighted by molar-refractivity contribution is 5.76. The molecule has 1 N–H and O–H groups in total. The SMILES string of the molecule is O=C(CCc1ccc2c(c1)OCCCO2)NCC1CCN(CCc2ccccc2)C1. The maximum absolute atomic E-state index is 12.3. The maximum atomic E-state index is 12.3. The molecule has 2 aliphatic rings. The number of hydrogen-bond acceptors (Lipinski definition) is 4. The lowest BCUT2D eigenvalue weighted by Gasteiger charge is -2.16. The van der Waals surface area contributed by atoms with E-state index in [1.54, 1.807) is 0 Å². The zero-order valence-corrected chi connectivity index (χ0v) is 17.6. The van der Waals surface area contributed by atoms with E-state index in [0.717, 1.165) is 68.9 Å². The van der Waals surface area contributed by atoms with Gasteiger partial charge < -0.3 is 19.7 Å². The van der Waals surface area contributed by atoms with Crippen LogP contribution in [0.1, 0.15) is 30.4 Å². The number of nitrogens with one attached hydrogen (secondary N) is 1. The molecule has 1 saturated heterocycles. The summed E-state index contributed by atoms with van der Waals surface area (Å²) in [6.45, 7) is 5.46. The summed E-state index contributed by atoms with van der Waals surface area (Å²) >= 11 is 0. The first kappa shape index (κ1) is 20.7. The molecule has 0 aliphatic carbocycles. The van der Waals surface area contributed by atoms with Gasteiger partial charge in [0.25, 0.3) is 0 Å². The normalized spacial score (nSPS) is 18.7. The van der Waals surface area contributed by atoms with Crippen LogP contribution in [0.2, 0.25) is 0 Å². The summed E-state index contributed by atoms with van der Waals surface area (Å²) in [5.41, 5.74) is 2.51. The number of amides is 1. The van der Waals surface area contributed by atoms with Crippen molar-refractivity contribution in [2.24, 2.45) is 5.92 Å². The number of ether oxygens (including phenoxy) is 2. The lowest BCUT2D eigenvalue weighted by molar-refractivity contribution is -0.121. The van der Waals surface area contributed by atoms with Crippen LogP contribution in [0.25, 0.3) is 0 Å². The van der Waals surface area contributed by atoms with Gasteiger partial charge in [-0.25, -0.2) is 0 Å². The number of nitrogens with zero attached hydrogens (tertiary/aromatic N) is 1. The van der Waals surface area contributed by atoms with Gasteiger partial charge in [-0.3, -0.25) is 4.79 Å². The van der Waals surface area contributed by atoms with Crippen molar-refractivity contribution in [3.05, 3.63) is 59.7 Å². The topological polar surface area (TPSA) is 50.8 Å². The average Bonchev–Trinajstić information content (AvgIpc) is 3.11. The zero-order valence-electron chi connectivity index (χ0n) is 17.6. The van der Waals surface area contributed by atoms with Crippen molar-refractivity contribution in [3.63, 3.8) is 0 Å². The summed E-state index contributed by atoms with van der Waals surface area (Å²) in [6, 6.07) is 16.6. The molecule has 160 valence electrons. The molecule has 1 fully saturated rings. The summed E-state index contributed by atoms with van der Waals surface area (Å²) in [6.07, 6.45) is 4.38. The lowest BCUT2D eigenvalue weighted by Crippen LogP contribution is -2.31. The fourth-order valence-electron chi connectivity index (χ4n) is 4.18. The molecule has 5 nitrogen and oxygen atoms in total. The van der Waals surface area contributed by atoms with E-state index in [4.69, 9.17) is 9.47 Å². The van der Waals surface area contributed by atoms with Crippen LogP contribution in [0, 0.1) is 5.92 Å². The van der Waals surface area contributed by atoms with Gasteiger partial charge >= 0.3 is 0 Å². The fraction of sp³-hybridized carbons (Fsp3) is 0.480. The zero-order chi connectivity index (χ0) is 20.6. The standard InChI is InChI=1S/C25H32N2O3/c28-25(10-8-21-7-9-23-24(17-21)30-16-4-15-29-23)26-18-22-12-14-27(19-22)13-11-20-5-2-1-3-6-20/h1-3,5-7,9,17,22H,4,8,10-16,18-19H2,(H,26,28). The van der Waals surface area contributed by atoms with Gasteiger partial charge in [0.1, 0.15) is 0 Å². The summed E-state index contributed by atoms with van der Waals surface area (Å²) in [5.74, 6) is 2.29. The highest BCUT2D eigenvalue weighted by Crippen LogP contribution is 2.30. The van der Waals surface area contributed by atoms with Crippen molar-refractivity contribution in [2.45, 2.75) is 32.1 Å². The second-order valence-electron chi connectivity index (χ2n) is 8.33. The highest BCUT2D eigenvalue weighted by Gasteiger charge is 2.22. The average molecular weight is 409 g/mol. The smallest absolute Gasteiger partial charge is 0.220 e. The molecule has 5 heteroatoms. The molecule has 30 heavy (non-hydrogen) atoms. The third kappa shape index (κ3) is 5.99. The Kier molecular flexibility index (Phi) is 7.25. The number of benzene rings is 2. The number of carbonyl (C=O) groups excluding carboxylic acids is 1. The molecule has 4 rings (SSSR count). The third-order valence-corrected chi connectivity index (χ3v) is 5.97. The van der Waals surface area contributed by atoms with Crippen LogP contribution in [0.4, 0.5) is 0 Å². The summed E-state index contributed by atoms with van der Waals surface area (Å²) in [7, 11) is 0. The van der Waals surface area contributed by atoms with Crippen LogP contribution in [0.15, 0.2) is 48.5 Å². The van der Waals surface area contributed by atoms with Crippen molar-refractivity contribution in [1.29, 1.82) is 0 Å². The van der Waals surface area contributed by atoms with Gasteiger partial charge in [-0.2, -0.15) is 0 Å². The van der Waals surface area contributed by atoms with E-state index < -0.39 is 0 Å². The van der Waals surface area contributed by atoms with E-state index >= 15 is 0 Å². The second kappa shape index (κ2) is 10.5. The van der Waals surface area contributed by atoms with Gasteiger partial charge in [-0.1, -0.05) is 36.4 Å². The molecular weight excluding hydrogens is 376 g/mol. The van der Waals surface area contributed by atoms with Gasteiger partial charge in [0, 0.05) is 32.5 Å². The molecule has 2 aliphatic heterocycles. The minimum atomic E-state index is 0.129. The molecule has 1 unspecified atom stereocenters. The van der Waals surface area contributed by atoms with Gasteiger partial charge in [-0.05, 0) is 55.0 Å². The summed E-state index contributed by atoms with van der Waals surface area (Å²) in [4.78, 5) is 14.8. The Bertz CT molecular complexity index is 824. The Morgan fingerprint density at radius 2 is 1.83 bits per heavy atom. The molecule has 2 aromatic carbocycles. The second-order valence-corrected chi connectivity index (χ2v) is 8.33. The van der Waals surface area contributed by atoms with E-state index in [1.807, 2.05) is 18.2 Å². The Balaban J connectivity index is 1.14. The van der Waals surface area contributed by atoms with Crippen molar-refractivity contribution in [1.82, 2.24) is 10.2 Å². The van der Waals surface area contributed by atoms with E-state index in [-0.39, 0.29) is 5.91 Å². The predicted octanol–water partition coefficient (Wildman–Crippen LogP) is 3.46. The van der Waals surface area contributed by atoms with E-state index in [1.165, 1.54) is 5.56 Å². The van der Waals surface area contributed by atoms with Crippen molar-refractivity contribution >= 4 is 5.91 Å². The third-order valence-electron chi connectivity index (χ3n) is 5.97.